The molecular formula is C41H48N4O9. The van der Waals surface area contributed by atoms with Crippen LogP contribution in [0.3, 0.4) is 0 Å². The highest BCUT2D eigenvalue weighted by atomic mass is 16.7. The van der Waals surface area contributed by atoms with Crippen molar-refractivity contribution in [3.05, 3.63) is 135 Å². The molecule has 1 fully saturated rings. The van der Waals surface area contributed by atoms with Crippen LogP contribution in [0.2, 0.25) is 0 Å². The summed E-state index contributed by atoms with van der Waals surface area (Å²) in [6, 6.07) is 27.6. The van der Waals surface area contributed by atoms with Gasteiger partial charge >= 0.3 is 12.3 Å². The number of nitro groups is 1. The Morgan fingerprint density at radius 3 is 2.20 bits per heavy atom. The molecular weight excluding hydrogens is 692 g/mol. The number of ether oxygens (including phenoxy) is 4. The van der Waals surface area contributed by atoms with Crippen molar-refractivity contribution < 1.29 is 38.3 Å². The predicted molar refractivity (Wildman–Crippen MR) is 203 cm³/mol. The second-order valence-corrected chi connectivity index (χ2v) is 13.1. The number of allylic oxidation sites excluding steroid dienone is 1. The molecule has 0 saturated carbocycles. The minimum absolute atomic E-state index is 0.0226. The normalized spacial score (nSPS) is 19.1. The average molecular weight is 741 g/mol. The number of carbonyl (C=O) groups excluding carboxylic acids is 2. The molecule has 2 aliphatic heterocycles. The molecule has 3 aromatic carbocycles. The molecule has 0 aliphatic carbocycles. The van der Waals surface area contributed by atoms with Crippen LogP contribution in [0, 0.1) is 10.1 Å². The lowest BCUT2D eigenvalue weighted by Crippen LogP contribution is -2.47. The highest BCUT2D eigenvalue weighted by molar-refractivity contribution is 5.92. The molecule has 5 rings (SSSR count). The molecule has 2 heterocycles. The van der Waals surface area contributed by atoms with E-state index >= 15 is 0 Å². The first kappa shape index (κ1) is 39.7. The van der Waals surface area contributed by atoms with Crippen molar-refractivity contribution in [1.82, 2.24) is 10.4 Å². The third-order valence-electron chi connectivity index (χ3n) is 9.89. The Morgan fingerprint density at radius 1 is 0.963 bits per heavy atom. The SMILES string of the molecule is CCOC(=O)OC1=C(C=CNOCCC(C)N2CCC(c3ccccc3)(c3ccccc3)CC2)N=C(C)C(OC(=O)OCC)C1c1cccc([N+](=O)[O-])c1. The monoisotopic (exact) mass is 740 g/mol. The number of piperidine rings is 1. The average Bonchev–Trinajstić information content (AvgIpc) is 3.18. The van der Waals surface area contributed by atoms with Gasteiger partial charge < -0.3 is 23.8 Å². The van der Waals surface area contributed by atoms with Gasteiger partial charge in [-0.15, -0.1) is 0 Å². The molecule has 1 saturated heterocycles. The molecule has 3 unspecified atom stereocenters. The van der Waals surface area contributed by atoms with Crippen molar-refractivity contribution in [2.45, 2.75) is 70.4 Å². The van der Waals surface area contributed by atoms with Crippen LogP contribution in [-0.2, 0) is 29.2 Å². The number of aliphatic imine (C=N–C) groups is 1. The van der Waals surface area contributed by atoms with Gasteiger partial charge in [0.05, 0.1) is 36.4 Å². The fourth-order valence-electron chi connectivity index (χ4n) is 7.12. The lowest BCUT2D eigenvalue weighted by molar-refractivity contribution is -0.384. The van der Waals surface area contributed by atoms with Gasteiger partial charge in [-0.1, -0.05) is 72.8 Å². The van der Waals surface area contributed by atoms with Crippen LogP contribution in [0.25, 0.3) is 0 Å². The van der Waals surface area contributed by atoms with Crippen molar-refractivity contribution in [3.63, 3.8) is 0 Å². The Hall–Kier alpha value is -5.53. The summed E-state index contributed by atoms with van der Waals surface area (Å²) in [4.78, 5) is 49.2. The van der Waals surface area contributed by atoms with E-state index in [1.54, 1.807) is 32.9 Å². The van der Waals surface area contributed by atoms with Gasteiger partial charge in [-0.05, 0) is 82.8 Å². The number of rotatable bonds is 15. The van der Waals surface area contributed by atoms with Gasteiger partial charge in [0.2, 0.25) is 0 Å². The van der Waals surface area contributed by atoms with E-state index in [0.29, 0.717) is 17.9 Å². The molecule has 3 aromatic rings. The molecule has 2 aliphatic rings. The van der Waals surface area contributed by atoms with E-state index in [0.717, 1.165) is 32.4 Å². The number of nitrogens with zero attached hydrogens (tertiary/aromatic N) is 3. The maximum atomic E-state index is 12.7. The van der Waals surface area contributed by atoms with Gasteiger partial charge in [-0.25, -0.2) is 9.59 Å². The zero-order valence-corrected chi connectivity index (χ0v) is 31.1. The van der Waals surface area contributed by atoms with Crippen LogP contribution in [0.4, 0.5) is 15.3 Å². The lowest BCUT2D eigenvalue weighted by Gasteiger charge is -2.44. The lowest BCUT2D eigenvalue weighted by atomic mass is 9.68. The van der Waals surface area contributed by atoms with Gasteiger partial charge in [0.25, 0.3) is 5.69 Å². The summed E-state index contributed by atoms with van der Waals surface area (Å²) in [5, 5.41) is 11.7. The Kier molecular flexibility index (Phi) is 14.0. The van der Waals surface area contributed by atoms with Crippen LogP contribution < -0.4 is 5.48 Å². The zero-order chi connectivity index (χ0) is 38.5. The number of likely N-dealkylation sites (tertiary alicyclic amines) is 1. The second kappa shape index (κ2) is 19.0. The van der Waals surface area contributed by atoms with Crippen molar-refractivity contribution >= 4 is 23.7 Å². The molecule has 13 nitrogen and oxygen atoms in total. The topological polar surface area (TPSA) is 151 Å². The van der Waals surface area contributed by atoms with Crippen molar-refractivity contribution in [3.8, 4) is 0 Å². The molecule has 13 heteroatoms. The van der Waals surface area contributed by atoms with Gasteiger partial charge in [-0.2, -0.15) is 0 Å². The quantitative estimate of drug-likeness (QED) is 0.0699. The Bertz CT molecular complexity index is 1780. The molecule has 0 radical (unpaired) electrons. The van der Waals surface area contributed by atoms with E-state index in [-0.39, 0.29) is 41.8 Å². The summed E-state index contributed by atoms with van der Waals surface area (Å²) < 4.78 is 21.3. The molecule has 0 aromatic heterocycles. The van der Waals surface area contributed by atoms with Crippen LogP contribution >= 0.6 is 0 Å². The molecule has 0 amide bonds. The van der Waals surface area contributed by atoms with Crippen molar-refractivity contribution in [2.75, 3.05) is 32.9 Å². The van der Waals surface area contributed by atoms with E-state index in [1.165, 1.54) is 35.5 Å². The van der Waals surface area contributed by atoms with Gasteiger partial charge in [0.1, 0.15) is 11.5 Å². The van der Waals surface area contributed by atoms with Crippen LogP contribution in [0.1, 0.15) is 69.6 Å². The Balaban J connectivity index is 1.26. The number of nitro benzene ring substituents is 1. The number of nitrogens with one attached hydrogen (secondary N) is 1. The number of hydrogen-bond acceptors (Lipinski definition) is 12. The maximum absolute atomic E-state index is 12.7. The first-order chi connectivity index (χ1) is 26.2. The smallest absolute Gasteiger partial charge is 0.435 e. The van der Waals surface area contributed by atoms with Crippen molar-refractivity contribution in [2.24, 2.45) is 4.99 Å². The van der Waals surface area contributed by atoms with E-state index in [2.05, 4.69) is 83.0 Å². The fraction of sp³-hybridized carbons (Fsp3) is 0.390. The Morgan fingerprint density at radius 2 is 1.59 bits per heavy atom. The Labute approximate surface area is 315 Å². The molecule has 286 valence electrons. The highest BCUT2D eigenvalue weighted by Gasteiger charge is 2.41. The second-order valence-electron chi connectivity index (χ2n) is 13.1. The fourth-order valence-corrected chi connectivity index (χ4v) is 7.12. The summed E-state index contributed by atoms with van der Waals surface area (Å²) in [6.07, 6.45) is 2.77. The first-order valence-electron chi connectivity index (χ1n) is 18.3. The number of non-ortho nitro benzene ring substituents is 1. The zero-order valence-electron chi connectivity index (χ0n) is 31.1. The summed E-state index contributed by atoms with van der Waals surface area (Å²) in [6.45, 7) is 9.54. The largest absolute Gasteiger partial charge is 0.513 e. The number of hydrogen-bond donors (Lipinski definition) is 1. The molecule has 54 heavy (non-hydrogen) atoms. The van der Waals surface area contributed by atoms with Gasteiger partial charge in [0, 0.05) is 29.8 Å². The van der Waals surface area contributed by atoms with Crippen molar-refractivity contribution in [1.29, 1.82) is 0 Å². The van der Waals surface area contributed by atoms with Gasteiger partial charge in [-0.3, -0.25) is 25.4 Å². The molecule has 3 atom stereocenters. The summed E-state index contributed by atoms with van der Waals surface area (Å²) in [5.74, 6) is -1.04. The number of benzene rings is 3. The van der Waals surface area contributed by atoms with Gasteiger partial charge in [0.15, 0.2) is 6.10 Å². The summed E-state index contributed by atoms with van der Waals surface area (Å²) in [5.41, 5.74) is 6.20. The maximum Gasteiger partial charge on any atom is 0.513 e. The van der Waals surface area contributed by atoms with E-state index < -0.39 is 29.3 Å². The third kappa shape index (κ3) is 9.71. The summed E-state index contributed by atoms with van der Waals surface area (Å²) in [7, 11) is 0. The standard InChI is InChI=1S/C41H48N4O9/c1-5-50-39(46)53-37-30(4)43-35(38(54-40(47)51-6-2)36(37)31-14-13-19-34(28-31)45(48)49)20-24-42-52-27-21-29(3)44-25-22-41(23-26-44,32-15-9-7-10-16-32)33-17-11-8-12-18-33/h7-20,24,28-29,36-37,42H,5-6,21-23,25-27H2,1-4H3. The summed E-state index contributed by atoms with van der Waals surface area (Å²) >= 11 is 0. The number of carbonyl (C=O) groups is 2. The van der Waals surface area contributed by atoms with E-state index in [1.807, 2.05) is 0 Å². The predicted octanol–water partition coefficient (Wildman–Crippen LogP) is 7.97. The first-order valence-corrected chi connectivity index (χ1v) is 18.3. The van der Waals surface area contributed by atoms with E-state index in [9.17, 15) is 19.7 Å². The molecule has 0 spiro atoms. The number of hydroxylamine groups is 1. The van der Waals surface area contributed by atoms with Crippen LogP contribution in [0.15, 0.2) is 114 Å². The van der Waals surface area contributed by atoms with E-state index in [4.69, 9.17) is 23.8 Å². The minimum atomic E-state index is -1.11. The highest BCUT2D eigenvalue weighted by Crippen LogP contribution is 2.42. The van der Waals surface area contributed by atoms with Crippen LogP contribution in [0.5, 0.6) is 0 Å². The van der Waals surface area contributed by atoms with Crippen LogP contribution in [-0.4, -0.2) is 72.9 Å². The minimum Gasteiger partial charge on any atom is -0.435 e. The molecule has 0 bridgehead atoms. The third-order valence-corrected chi connectivity index (χ3v) is 9.89. The molecule has 1 N–H and O–H groups in total.